The first-order valence-corrected chi connectivity index (χ1v) is 12.9. The van der Waals surface area contributed by atoms with Crippen LogP contribution in [0, 0.1) is 22.7 Å². The van der Waals surface area contributed by atoms with Crippen molar-refractivity contribution in [1.29, 1.82) is 0 Å². The second kappa shape index (κ2) is 9.84. The molecule has 1 aromatic rings. The molecule has 2 aliphatic carbocycles. The molecule has 0 amide bonds. The molecule has 206 valence electrons. The van der Waals surface area contributed by atoms with Crippen molar-refractivity contribution in [2.75, 3.05) is 7.11 Å². The van der Waals surface area contributed by atoms with Gasteiger partial charge in [-0.2, -0.15) is 0 Å². The summed E-state index contributed by atoms with van der Waals surface area (Å²) in [6.45, 7) is 8.96. The van der Waals surface area contributed by atoms with Gasteiger partial charge >= 0.3 is 17.9 Å². The van der Waals surface area contributed by atoms with Crippen LogP contribution in [0.1, 0.15) is 72.0 Å². The van der Waals surface area contributed by atoms with Crippen molar-refractivity contribution in [2.45, 2.75) is 78.1 Å². The molecule has 1 aliphatic heterocycles. The van der Waals surface area contributed by atoms with Gasteiger partial charge in [0.2, 0.25) is 0 Å². The third kappa shape index (κ3) is 4.61. The molecule has 1 aromatic heterocycles. The van der Waals surface area contributed by atoms with Crippen LogP contribution in [0.15, 0.2) is 46.3 Å². The molecule has 0 radical (unpaired) electrons. The first kappa shape index (κ1) is 27.8. The molecular formula is C29H36O9. The van der Waals surface area contributed by atoms with Gasteiger partial charge in [-0.15, -0.1) is 0 Å². The predicted molar refractivity (Wildman–Crippen MR) is 134 cm³/mol. The van der Waals surface area contributed by atoms with E-state index in [1.54, 1.807) is 6.07 Å². The molecule has 9 nitrogen and oxygen atoms in total. The summed E-state index contributed by atoms with van der Waals surface area (Å²) in [6.07, 6.45) is 4.73. The van der Waals surface area contributed by atoms with E-state index in [9.17, 15) is 24.3 Å². The van der Waals surface area contributed by atoms with Crippen LogP contribution < -0.4 is 0 Å². The maximum Gasteiger partial charge on any atom is 0.331 e. The molecule has 9 heteroatoms. The number of aliphatic hydroxyl groups is 1. The van der Waals surface area contributed by atoms with Crippen molar-refractivity contribution in [3.8, 4) is 0 Å². The first-order chi connectivity index (χ1) is 17.7. The lowest BCUT2D eigenvalue weighted by atomic mass is 9.56. The number of hydrogen-bond acceptors (Lipinski definition) is 9. The first-order valence-electron chi connectivity index (χ1n) is 12.9. The van der Waals surface area contributed by atoms with Crippen LogP contribution in [0.3, 0.4) is 0 Å². The van der Waals surface area contributed by atoms with E-state index >= 15 is 0 Å². The van der Waals surface area contributed by atoms with Gasteiger partial charge in [-0.25, -0.2) is 4.79 Å². The molecule has 0 unspecified atom stereocenters. The summed E-state index contributed by atoms with van der Waals surface area (Å²) >= 11 is 0. The molecule has 38 heavy (non-hydrogen) atoms. The third-order valence-corrected chi connectivity index (χ3v) is 8.62. The highest BCUT2D eigenvalue weighted by Crippen LogP contribution is 2.58. The second-order valence-corrected chi connectivity index (χ2v) is 11.6. The Morgan fingerprint density at radius 3 is 2.53 bits per heavy atom. The topological polar surface area (TPSA) is 129 Å². The molecule has 1 saturated carbocycles. The minimum absolute atomic E-state index is 0.00873. The van der Waals surface area contributed by atoms with Gasteiger partial charge in [-0.3, -0.25) is 14.4 Å². The number of fused-ring (bicyclic) bond motifs is 1. The SMILES string of the molecule is COC(=O)C[C@H]1[C@H](C)CC([C@@H](OC(C)=O)[C@@]2(O)C(=O)CC[C@]3(C)C2=CC(=O)O[C@H]3c2ccoc2)=CC1(C)C. The summed E-state index contributed by atoms with van der Waals surface area (Å²) in [6, 6.07) is 1.68. The van der Waals surface area contributed by atoms with Gasteiger partial charge in [0.25, 0.3) is 0 Å². The number of allylic oxidation sites excluding steroid dienone is 1. The van der Waals surface area contributed by atoms with Crippen molar-refractivity contribution in [3.63, 3.8) is 0 Å². The Balaban J connectivity index is 1.84. The van der Waals surface area contributed by atoms with Gasteiger partial charge < -0.3 is 23.7 Å². The van der Waals surface area contributed by atoms with Crippen LogP contribution >= 0.6 is 0 Å². The minimum atomic E-state index is -2.28. The normalized spacial score (nSPS) is 33.3. The average molecular weight is 529 g/mol. The number of cyclic esters (lactones) is 1. The maximum atomic E-state index is 13.6. The van der Waals surface area contributed by atoms with E-state index in [4.69, 9.17) is 18.6 Å². The maximum absolute atomic E-state index is 13.6. The standard InChI is InChI=1S/C29H36O9/c1-16-11-19(14-27(3,4)20(16)12-23(32)35-6)26(37-17(2)30)29(34)21-13-24(33)38-25(18-8-10-36-15-18)28(21,5)9-7-22(29)31/h8,10,13-16,20,25-26,34H,7,9,11-12H2,1-6H3/t16-,20+,25+,26-,28-,29+/m1/s1. The Bertz CT molecular complexity index is 1190. The number of furan rings is 1. The van der Waals surface area contributed by atoms with Crippen LogP contribution in [0.5, 0.6) is 0 Å². The highest BCUT2D eigenvalue weighted by molar-refractivity contribution is 5.97. The zero-order valence-electron chi connectivity index (χ0n) is 22.7. The zero-order valence-corrected chi connectivity index (χ0v) is 22.7. The number of ether oxygens (including phenoxy) is 3. The highest BCUT2D eigenvalue weighted by atomic mass is 16.6. The van der Waals surface area contributed by atoms with Crippen LogP contribution in [0.4, 0.5) is 0 Å². The summed E-state index contributed by atoms with van der Waals surface area (Å²) in [5.74, 6) is -2.36. The largest absolute Gasteiger partial charge is 0.472 e. The number of hydrogen-bond donors (Lipinski definition) is 1. The second-order valence-electron chi connectivity index (χ2n) is 11.6. The highest BCUT2D eigenvalue weighted by Gasteiger charge is 2.63. The zero-order chi connectivity index (χ0) is 28.0. The van der Waals surface area contributed by atoms with E-state index in [0.29, 0.717) is 24.0 Å². The van der Waals surface area contributed by atoms with E-state index < -0.39 is 46.4 Å². The van der Waals surface area contributed by atoms with Crippen molar-refractivity contribution in [2.24, 2.45) is 22.7 Å². The van der Waals surface area contributed by atoms with Crippen molar-refractivity contribution < 1.29 is 42.9 Å². The van der Waals surface area contributed by atoms with Crippen molar-refractivity contribution >= 4 is 23.7 Å². The molecule has 0 spiro atoms. The number of Topliss-reactive ketones (excluding diaryl/α,β-unsaturated/α-hetero) is 1. The minimum Gasteiger partial charge on any atom is -0.472 e. The van der Waals surface area contributed by atoms with Crippen LogP contribution in [-0.4, -0.2) is 47.6 Å². The fourth-order valence-corrected chi connectivity index (χ4v) is 6.77. The Morgan fingerprint density at radius 2 is 1.95 bits per heavy atom. The van der Waals surface area contributed by atoms with E-state index in [2.05, 4.69) is 0 Å². The van der Waals surface area contributed by atoms with Crippen LogP contribution in [0.25, 0.3) is 0 Å². The smallest absolute Gasteiger partial charge is 0.331 e. The van der Waals surface area contributed by atoms with Gasteiger partial charge in [-0.05, 0) is 47.3 Å². The van der Waals surface area contributed by atoms with Crippen LogP contribution in [0.2, 0.25) is 0 Å². The average Bonchev–Trinajstić information content (AvgIpc) is 3.37. The Hall–Kier alpha value is -3.20. The van der Waals surface area contributed by atoms with Gasteiger partial charge in [0.05, 0.1) is 19.6 Å². The molecule has 6 atom stereocenters. The number of esters is 3. The van der Waals surface area contributed by atoms with Gasteiger partial charge in [0.15, 0.2) is 17.5 Å². The third-order valence-electron chi connectivity index (χ3n) is 8.62. The molecule has 0 bridgehead atoms. The molecule has 0 aromatic carbocycles. The van der Waals surface area contributed by atoms with E-state index in [1.165, 1.54) is 32.6 Å². The summed E-state index contributed by atoms with van der Waals surface area (Å²) in [5.41, 5.74) is -2.45. The lowest BCUT2D eigenvalue weighted by molar-refractivity contribution is -0.173. The summed E-state index contributed by atoms with van der Waals surface area (Å²) in [5, 5.41) is 12.4. The Morgan fingerprint density at radius 1 is 1.24 bits per heavy atom. The number of carbonyl (C=O) groups excluding carboxylic acids is 4. The monoisotopic (exact) mass is 528 g/mol. The molecule has 3 aliphatic rings. The number of ketones is 1. The van der Waals surface area contributed by atoms with Crippen molar-refractivity contribution in [1.82, 2.24) is 0 Å². The number of rotatable bonds is 6. The lowest BCUT2D eigenvalue weighted by Gasteiger charge is -2.52. The predicted octanol–water partition coefficient (Wildman–Crippen LogP) is 4.01. The molecule has 2 heterocycles. The summed E-state index contributed by atoms with van der Waals surface area (Å²) in [7, 11) is 1.35. The molecular weight excluding hydrogens is 492 g/mol. The fraction of sp³-hybridized carbons (Fsp3) is 0.586. The quantitative estimate of drug-likeness (QED) is 0.331. The molecule has 0 saturated heterocycles. The summed E-state index contributed by atoms with van der Waals surface area (Å²) in [4.78, 5) is 50.9. The Kier molecular flexibility index (Phi) is 7.20. The molecule has 1 fully saturated rings. The van der Waals surface area contributed by atoms with Gasteiger partial charge in [-0.1, -0.05) is 33.8 Å². The molecule has 4 rings (SSSR count). The number of carbonyl (C=O) groups is 4. The van der Waals surface area contributed by atoms with Crippen molar-refractivity contribution in [3.05, 3.63) is 47.5 Å². The Labute approximate surface area is 222 Å². The van der Waals surface area contributed by atoms with Crippen LogP contribution in [-0.2, 0) is 33.4 Å². The van der Waals surface area contributed by atoms with Gasteiger partial charge in [0.1, 0.15) is 6.10 Å². The number of methoxy groups -OCH3 is 1. The van der Waals surface area contributed by atoms with E-state index in [-0.39, 0.29) is 36.2 Å². The van der Waals surface area contributed by atoms with E-state index in [1.807, 2.05) is 33.8 Å². The lowest BCUT2D eigenvalue weighted by Crippen LogP contribution is -2.62. The summed E-state index contributed by atoms with van der Waals surface area (Å²) < 4.78 is 21.6. The van der Waals surface area contributed by atoms with Gasteiger partial charge in [0, 0.05) is 36.8 Å². The fourth-order valence-electron chi connectivity index (χ4n) is 6.77. The molecule has 1 N–H and O–H groups in total. The van der Waals surface area contributed by atoms with E-state index in [0.717, 1.165) is 0 Å².